The highest BCUT2D eigenvalue weighted by Gasteiger charge is 2.37. The average molecular weight is 305 g/mol. The predicted molar refractivity (Wildman–Crippen MR) is 72.5 cm³/mol. The van der Waals surface area contributed by atoms with Crippen LogP contribution in [0.15, 0.2) is 17.3 Å². The first-order valence-electron chi connectivity index (χ1n) is 5.92. The number of piperazine rings is 1. The van der Waals surface area contributed by atoms with E-state index in [4.69, 9.17) is 11.6 Å². The maximum Gasteiger partial charge on any atom is 0.246 e. The standard InChI is InChI=1S/C11H17ClN4O2S/c1-11(2)8-16(5-4-15(11)3)19(17,18)9-6-13-10(12)14-7-9/h6-7H,4-5,8H2,1-3H3. The number of halogens is 1. The van der Waals surface area contributed by atoms with Crippen LogP contribution in [0.5, 0.6) is 0 Å². The van der Waals surface area contributed by atoms with Crippen molar-refractivity contribution >= 4 is 21.6 Å². The highest BCUT2D eigenvalue weighted by atomic mass is 35.5. The summed E-state index contributed by atoms with van der Waals surface area (Å²) < 4.78 is 26.4. The quantitative estimate of drug-likeness (QED) is 0.758. The third kappa shape index (κ3) is 2.89. The molecule has 0 saturated carbocycles. The van der Waals surface area contributed by atoms with Crippen LogP contribution in [0.1, 0.15) is 13.8 Å². The van der Waals surface area contributed by atoms with Gasteiger partial charge in [0.15, 0.2) is 0 Å². The second-order valence-electron chi connectivity index (χ2n) is 5.26. The fraction of sp³-hybridized carbons (Fsp3) is 0.636. The van der Waals surface area contributed by atoms with Gasteiger partial charge in [0.05, 0.1) is 12.4 Å². The van der Waals surface area contributed by atoms with Gasteiger partial charge in [0.2, 0.25) is 15.3 Å². The lowest BCUT2D eigenvalue weighted by molar-refractivity contribution is 0.0801. The van der Waals surface area contributed by atoms with Crippen LogP contribution < -0.4 is 0 Å². The Kier molecular flexibility index (Phi) is 3.83. The normalized spacial score (nSPS) is 21.5. The van der Waals surface area contributed by atoms with Crippen LogP contribution in [0.2, 0.25) is 5.28 Å². The van der Waals surface area contributed by atoms with E-state index >= 15 is 0 Å². The van der Waals surface area contributed by atoms with Gasteiger partial charge in [-0.05, 0) is 32.5 Å². The molecule has 0 bridgehead atoms. The number of sulfonamides is 1. The van der Waals surface area contributed by atoms with E-state index in [1.807, 2.05) is 20.9 Å². The molecule has 1 aliphatic heterocycles. The van der Waals surface area contributed by atoms with Gasteiger partial charge < -0.3 is 0 Å². The van der Waals surface area contributed by atoms with E-state index in [-0.39, 0.29) is 15.7 Å². The fourth-order valence-electron chi connectivity index (χ4n) is 1.98. The number of nitrogens with zero attached hydrogens (tertiary/aromatic N) is 4. The van der Waals surface area contributed by atoms with Gasteiger partial charge in [-0.3, -0.25) is 4.90 Å². The summed E-state index contributed by atoms with van der Waals surface area (Å²) in [5, 5.41) is 0.0395. The molecule has 2 rings (SSSR count). The molecular formula is C11H17ClN4O2S. The second kappa shape index (κ2) is 4.97. The minimum atomic E-state index is -3.55. The van der Waals surface area contributed by atoms with Gasteiger partial charge in [0, 0.05) is 25.2 Å². The molecule has 6 nitrogen and oxygen atoms in total. The first-order chi connectivity index (χ1) is 8.73. The Morgan fingerprint density at radius 3 is 2.37 bits per heavy atom. The average Bonchev–Trinajstić information content (AvgIpc) is 2.33. The highest BCUT2D eigenvalue weighted by Crippen LogP contribution is 2.24. The van der Waals surface area contributed by atoms with Crippen molar-refractivity contribution in [3.8, 4) is 0 Å². The number of rotatable bonds is 2. The Morgan fingerprint density at radius 1 is 1.26 bits per heavy atom. The molecular weight excluding hydrogens is 288 g/mol. The predicted octanol–water partition coefficient (Wildman–Crippen LogP) is 0.845. The lowest BCUT2D eigenvalue weighted by Crippen LogP contribution is -2.58. The molecule has 0 spiro atoms. The number of hydrogen-bond acceptors (Lipinski definition) is 5. The van der Waals surface area contributed by atoms with Gasteiger partial charge in [-0.25, -0.2) is 18.4 Å². The number of hydrogen-bond donors (Lipinski definition) is 0. The van der Waals surface area contributed by atoms with E-state index in [9.17, 15) is 8.42 Å². The summed E-state index contributed by atoms with van der Waals surface area (Å²) in [5.41, 5.74) is -0.196. The topological polar surface area (TPSA) is 66.4 Å². The van der Waals surface area contributed by atoms with E-state index < -0.39 is 10.0 Å². The molecule has 1 aromatic heterocycles. The van der Waals surface area contributed by atoms with E-state index in [2.05, 4.69) is 14.9 Å². The smallest absolute Gasteiger partial charge is 0.246 e. The van der Waals surface area contributed by atoms with Crippen LogP contribution in [0.25, 0.3) is 0 Å². The molecule has 0 N–H and O–H groups in total. The number of aromatic nitrogens is 2. The molecule has 1 saturated heterocycles. The Balaban J connectivity index is 2.28. The summed E-state index contributed by atoms with van der Waals surface area (Å²) in [6, 6.07) is 0. The van der Waals surface area contributed by atoms with Gasteiger partial charge in [0.1, 0.15) is 4.90 Å². The fourth-order valence-corrected chi connectivity index (χ4v) is 3.56. The van der Waals surface area contributed by atoms with E-state index in [1.54, 1.807) is 0 Å². The number of likely N-dealkylation sites (N-methyl/N-ethyl adjacent to an activating group) is 1. The summed E-state index contributed by atoms with van der Waals surface area (Å²) in [5.74, 6) is 0. The van der Waals surface area contributed by atoms with Gasteiger partial charge in [-0.1, -0.05) is 0 Å². The molecule has 0 aromatic carbocycles. The van der Waals surface area contributed by atoms with Crippen LogP contribution in [0.4, 0.5) is 0 Å². The van der Waals surface area contributed by atoms with Crippen molar-refractivity contribution in [1.29, 1.82) is 0 Å². The largest absolute Gasteiger partial charge is 0.299 e. The third-order valence-corrected chi connectivity index (χ3v) is 5.51. The van der Waals surface area contributed by atoms with Gasteiger partial charge in [-0.2, -0.15) is 4.31 Å². The van der Waals surface area contributed by atoms with E-state index in [1.165, 1.54) is 16.7 Å². The molecule has 0 atom stereocenters. The second-order valence-corrected chi connectivity index (χ2v) is 7.54. The molecule has 19 heavy (non-hydrogen) atoms. The van der Waals surface area contributed by atoms with E-state index in [0.717, 1.165) is 0 Å². The molecule has 2 heterocycles. The first kappa shape index (κ1) is 14.6. The maximum atomic E-state index is 12.5. The van der Waals surface area contributed by atoms with Crippen molar-refractivity contribution in [2.24, 2.45) is 0 Å². The molecule has 8 heteroatoms. The van der Waals surface area contributed by atoms with Crippen molar-refractivity contribution in [3.63, 3.8) is 0 Å². The van der Waals surface area contributed by atoms with Crippen LogP contribution in [-0.4, -0.2) is 59.8 Å². The molecule has 0 radical (unpaired) electrons. The molecule has 0 amide bonds. The molecule has 1 aromatic rings. The Hall–Kier alpha value is -0.760. The molecule has 1 aliphatic rings. The minimum absolute atomic E-state index is 0.0395. The lowest BCUT2D eigenvalue weighted by atomic mass is 10.0. The first-order valence-corrected chi connectivity index (χ1v) is 7.74. The minimum Gasteiger partial charge on any atom is -0.299 e. The Labute approximate surface area is 118 Å². The highest BCUT2D eigenvalue weighted by molar-refractivity contribution is 7.89. The van der Waals surface area contributed by atoms with Crippen LogP contribution in [0.3, 0.4) is 0 Å². The summed E-state index contributed by atoms with van der Waals surface area (Å²) in [4.78, 5) is 9.69. The van der Waals surface area contributed by atoms with Crippen molar-refractivity contribution in [1.82, 2.24) is 19.2 Å². The SMILES string of the molecule is CN1CCN(S(=O)(=O)c2cnc(Cl)nc2)CC1(C)C. The van der Waals surface area contributed by atoms with Crippen molar-refractivity contribution < 1.29 is 8.42 Å². The summed E-state index contributed by atoms with van der Waals surface area (Å²) in [6.45, 7) is 5.64. The Bertz CT molecular complexity index is 559. The van der Waals surface area contributed by atoms with Crippen LogP contribution in [-0.2, 0) is 10.0 Å². The third-order valence-electron chi connectivity index (χ3n) is 3.52. The lowest BCUT2D eigenvalue weighted by Gasteiger charge is -2.44. The zero-order valence-corrected chi connectivity index (χ0v) is 12.7. The monoisotopic (exact) mass is 304 g/mol. The Morgan fingerprint density at radius 2 is 1.84 bits per heavy atom. The van der Waals surface area contributed by atoms with Crippen LogP contribution >= 0.6 is 11.6 Å². The summed E-state index contributed by atoms with van der Waals surface area (Å²) in [6.07, 6.45) is 2.49. The maximum absolute atomic E-state index is 12.5. The van der Waals surface area contributed by atoms with Crippen molar-refractivity contribution in [2.45, 2.75) is 24.3 Å². The van der Waals surface area contributed by atoms with E-state index in [0.29, 0.717) is 19.6 Å². The van der Waals surface area contributed by atoms with Crippen LogP contribution in [0, 0.1) is 0 Å². The van der Waals surface area contributed by atoms with Gasteiger partial charge >= 0.3 is 0 Å². The van der Waals surface area contributed by atoms with Gasteiger partial charge in [-0.15, -0.1) is 0 Å². The summed E-state index contributed by atoms with van der Waals surface area (Å²) >= 11 is 5.57. The molecule has 1 fully saturated rings. The summed E-state index contributed by atoms with van der Waals surface area (Å²) in [7, 11) is -1.55. The zero-order valence-electron chi connectivity index (χ0n) is 11.2. The molecule has 0 unspecified atom stereocenters. The van der Waals surface area contributed by atoms with Crippen molar-refractivity contribution in [2.75, 3.05) is 26.7 Å². The zero-order chi connectivity index (χ0) is 14.3. The molecule has 106 valence electrons. The van der Waals surface area contributed by atoms with Crippen molar-refractivity contribution in [3.05, 3.63) is 17.7 Å². The molecule has 0 aliphatic carbocycles. The van der Waals surface area contributed by atoms with Gasteiger partial charge in [0.25, 0.3) is 0 Å².